The van der Waals surface area contributed by atoms with Crippen LogP contribution in [-0.2, 0) is 0 Å². The molecule has 2 aliphatic rings. The van der Waals surface area contributed by atoms with Crippen LogP contribution in [0.5, 0.6) is 0 Å². The molecule has 96 valence electrons. The zero-order chi connectivity index (χ0) is 10.7. The SMILES string of the molecule is CCC1C(C)CCN1CC1CCNCC1.Cl. The molecule has 2 rings (SSSR count). The summed E-state index contributed by atoms with van der Waals surface area (Å²) in [7, 11) is 0. The van der Waals surface area contributed by atoms with Crippen LogP contribution in [0.2, 0.25) is 0 Å². The Balaban J connectivity index is 0.00000128. The van der Waals surface area contributed by atoms with Gasteiger partial charge < -0.3 is 5.32 Å². The van der Waals surface area contributed by atoms with Crippen LogP contribution in [0.4, 0.5) is 0 Å². The van der Waals surface area contributed by atoms with Crippen molar-refractivity contribution in [3.05, 3.63) is 0 Å². The van der Waals surface area contributed by atoms with E-state index in [1.807, 2.05) is 0 Å². The van der Waals surface area contributed by atoms with Gasteiger partial charge in [0.05, 0.1) is 0 Å². The molecule has 0 aromatic rings. The lowest BCUT2D eigenvalue weighted by molar-refractivity contribution is 0.174. The number of hydrogen-bond donors (Lipinski definition) is 1. The molecule has 0 bridgehead atoms. The summed E-state index contributed by atoms with van der Waals surface area (Å²) < 4.78 is 0. The van der Waals surface area contributed by atoms with Crippen molar-refractivity contribution in [2.75, 3.05) is 26.2 Å². The van der Waals surface area contributed by atoms with Gasteiger partial charge in [-0.15, -0.1) is 12.4 Å². The Morgan fingerprint density at radius 1 is 1.19 bits per heavy atom. The topological polar surface area (TPSA) is 15.3 Å². The van der Waals surface area contributed by atoms with Crippen molar-refractivity contribution in [2.24, 2.45) is 11.8 Å². The first-order chi connectivity index (χ1) is 7.31. The Kier molecular flexibility index (Phi) is 6.09. The van der Waals surface area contributed by atoms with Gasteiger partial charge in [0.15, 0.2) is 0 Å². The van der Waals surface area contributed by atoms with Crippen LogP contribution >= 0.6 is 12.4 Å². The van der Waals surface area contributed by atoms with Gasteiger partial charge in [-0.1, -0.05) is 13.8 Å². The van der Waals surface area contributed by atoms with Gasteiger partial charge in [-0.3, -0.25) is 4.90 Å². The van der Waals surface area contributed by atoms with Crippen LogP contribution in [0.1, 0.15) is 39.5 Å². The van der Waals surface area contributed by atoms with Crippen molar-refractivity contribution in [1.29, 1.82) is 0 Å². The van der Waals surface area contributed by atoms with Gasteiger partial charge in [0.2, 0.25) is 0 Å². The zero-order valence-electron chi connectivity index (χ0n) is 10.7. The van der Waals surface area contributed by atoms with E-state index < -0.39 is 0 Å². The second-order valence-electron chi connectivity index (χ2n) is 5.43. The van der Waals surface area contributed by atoms with E-state index in [4.69, 9.17) is 0 Å². The maximum Gasteiger partial charge on any atom is 0.0119 e. The molecular formula is C13H27ClN2. The Hall–Kier alpha value is 0.210. The summed E-state index contributed by atoms with van der Waals surface area (Å²) in [6, 6.07) is 0.875. The van der Waals surface area contributed by atoms with Crippen LogP contribution in [0.25, 0.3) is 0 Å². The highest BCUT2D eigenvalue weighted by atomic mass is 35.5. The smallest absolute Gasteiger partial charge is 0.0119 e. The molecule has 2 fully saturated rings. The summed E-state index contributed by atoms with van der Waals surface area (Å²) in [5.74, 6) is 1.89. The van der Waals surface area contributed by atoms with E-state index in [-0.39, 0.29) is 12.4 Å². The van der Waals surface area contributed by atoms with Crippen LogP contribution in [-0.4, -0.2) is 37.1 Å². The maximum absolute atomic E-state index is 3.46. The summed E-state index contributed by atoms with van der Waals surface area (Å²) in [6.07, 6.45) is 5.54. The fourth-order valence-corrected chi connectivity index (χ4v) is 3.37. The monoisotopic (exact) mass is 246 g/mol. The van der Waals surface area contributed by atoms with E-state index in [9.17, 15) is 0 Å². The number of nitrogens with zero attached hydrogens (tertiary/aromatic N) is 1. The number of nitrogens with one attached hydrogen (secondary N) is 1. The van der Waals surface area contributed by atoms with E-state index in [1.165, 1.54) is 51.9 Å². The highest BCUT2D eigenvalue weighted by Gasteiger charge is 2.31. The lowest BCUT2D eigenvalue weighted by Crippen LogP contribution is -2.39. The average molecular weight is 247 g/mol. The Morgan fingerprint density at radius 3 is 2.50 bits per heavy atom. The van der Waals surface area contributed by atoms with Crippen molar-refractivity contribution in [3.8, 4) is 0 Å². The largest absolute Gasteiger partial charge is 0.317 e. The van der Waals surface area contributed by atoms with E-state index in [0.717, 1.165) is 17.9 Å². The molecule has 2 saturated heterocycles. The van der Waals surface area contributed by atoms with E-state index in [0.29, 0.717) is 0 Å². The molecule has 2 unspecified atom stereocenters. The fourth-order valence-electron chi connectivity index (χ4n) is 3.37. The summed E-state index contributed by atoms with van der Waals surface area (Å²) >= 11 is 0. The van der Waals surface area contributed by atoms with Gasteiger partial charge in [-0.2, -0.15) is 0 Å². The molecule has 2 nitrogen and oxygen atoms in total. The summed E-state index contributed by atoms with van der Waals surface area (Å²) in [6.45, 7) is 9.97. The second-order valence-corrected chi connectivity index (χ2v) is 5.43. The lowest BCUT2D eigenvalue weighted by atomic mass is 9.96. The second kappa shape index (κ2) is 6.83. The molecule has 2 aliphatic heterocycles. The molecule has 1 N–H and O–H groups in total. The number of rotatable bonds is 3. The predicted molar refractivity (Wildman–Crippen MR) is 72.3 cm³/mol. The van der Waals surface area contributed by atoms with Gasteiger partial charge in [-0.25, -0.2) is 0 Å². The van der Waals surface area contributed by atoms with Crippen LogP contribution in [0.3, 0.4) is 0 Å². The highest BCUT2D eigenvalue weighted by Crippen LogP contribution is 2.28. The number of piperidine rings is 1. The van der Waals surface area contributed by atoms with Crippen molar-refractivity contribution in [2.45, 2.75) is 45.6 Å². The van der Waals surface area contributed by atoms with E-state index >= 15 is 0 Å². The number of likely N-dealkylation sites (tertiary alicyclic amines) is 1. The molecule has 0 aromatic carbocycles. The minimum atomic E-state index is 0. The molecular weight excluding hydrogens is 220 g/mol. The van der Waals surface area contributed by atoms with Gasteiger partial charge in [-0.05, 0) is 57.2 Å². The normalized spacial score (nSPS) is 32.6. The third-order valence-corrected chi connectivity index (χ3v) is 4.37. The van der Waals surface area contributed by atoms with Crippen molar-refractivity contribution in [3.63, 3.8) is 0 Å². The molecule has 16 heavy (non-hydrogen) atoms. The highest BCUT2D eigenvalue weighted by molar-refractivity contribution is 5.85. The Morgan fingerprint density at radius 2 is 1.88 bits per heavy atom. The van der Waals surface area contributed by atoms with E-state index in [1.54, 1.807) is 0 Å². The van der Waals surface area contributed by atoms with Crippen LogP contribution < -0.4 is 5.32 Å². The predicted octanol–water partition coefficient (Wildman–Crippen LogP) is 2.53. The lowest BCUT2D eigenvalue weighted by Gasteiger charge is -2.31. The third-order valence-electron chi connectivity index (χ3n) is 4.37. The Bertz CT molecular complexity index is 192. The maximum atomic E-state index is 3.46. The van der Waals surface area contributed by atoms with Crippen molar-refractivity contribution in [1.82, 2.24) is 10.2 Å². The first-order valence-corrected chi connectivity index (χ1v) is 6.76. The number of hydrogen-bond acceptors (Lipinski definition) is 2. The molecule has 0 saturated carbocycles. The first kappa shape index (κ1) is 14.3. The molecule has 0 spiro atoms. The number of halogens is 1. The molecule has 0 amide bonds. The van der Waals surface area contributed by atoms with Crippen LogP contribution in [0.15, 0.2) is 0 Å². The minimum absolute atomic E-state index is 0. The molecule has 0 aliphatic carbocycles. The summed E-state index contributed by atoms with van der Waals surface area (Å²) in [5.41, 5.74) is 0. The van der Waals surface area contributed by atoms with Gasteiger partial charge in [0.1, 0.15) is 0 Å². The molecule has 0 aromatic heterocycles. The van der Waals surface area contributed by atoms with Crippen molar-refractivity contribution < 1.29 is 0 Å². The third kappa shape index (κ3) is 3.35. The van der Waals surface area contributed by atoms with Gasteiger partial charge >= 0.3 is 0 Å². The molecule has 3 heteroatoms. The fraction of sp³-hybridized carbons (Fsp3) is 1.00. The average Bonchev–Trinajstić information content (AvgIpc) is 2.61. The quantitative estimate of drug-likeness (QED) is 0.824. The van der Waals surface area contributed by atoms with Gasteiger partial charge in [0.25, 0.3) is 0 Å². The summed E-state index contributed by atoms with van der Waals surface area (Å²) in [5, 5.41) is 3.46. The Labute approximate surface area is 107 Å². The zero-order valence-corrected chi connectivity index (χ0v) is 11.6. The minimum Gasteiger partial charge on any atom is -0.317 e. The summed E-state index contributed by atoms with van der Waals surface area (Å²) in [4.78, 5) is 2.76. The molecule has 2 heterocycles. The molecule has 2 atom stereocenters. The van der Waals surface area contributed by atoms with Gasteiger partial charge in [0, 0.05) is 12.6 Å². The van der Waals surface area contributed by atoms with Crippen LogP contribution in [0, 0.1) is 11.8 Å². The van der Waals surface area contributed by atoms with E-state index in [2.05, 4.69) is 24.1 Å². The first-order valence-electron chi connectivity index (χ1n) is 6.76. The molecule has 0 radical (unpaired) electrons. The van der Waals surface area contributed by atoms with Crippen molar-refractivity contribution >= 4 is 12.4 Å². The standard InChI is InChI=1S/C13H26N2.ClH/c1-3-13-11(2)6-9-15(13)10-12-4-7-14-8-5-12;/h11-14H,3-10H2,1-2H3;1H.